The van der Waals surface area contributed by atoms with Crippen LogP contribution in [0.15, 0.2) is 18.2 Å². The fourth-order valence-corrected chi connectivity index (χ4v) is 1.62. The monoisotopic (exact) mass is 251 g/mol. The standard InChI is InChI=1S/C13H17NO4/c1-9-3-4-11(7-10(9)2)14(8-13(17)18)6-5-12(15)16/h3-4,7H,5-6,8H2,1-2H3,(H,15,16)(H,17,18). The summed E-state index contributed by atoms with van der Waals surface area (Å²) in [7, 11) is 0. The molecule has 0 heterocycles. The van der Waals surface area contributed by atoms with Crippen molar-refractivity contribution in [2.45, 2.75) is 20.3 Å². The van der Waals surface area contributed by atoms with Gasteiger partial charge in [-0.25, -0.2) is 0 Å². The van der Waals surface area contributed by atoms with E-state index in [1.165, 1.54) is 0 Å². The molecule has 0 saturated carbocycles. The highest BCUT2D eigenvalue weighted by molar-refractivity contribution is 5.75. The molecule has 0 aromatic heterocycles. The Labute approximate surface area is 106 Å². The Morgan fingerprint density at radius 1 is 1.11 bits per heavy atom. The van der Waals surface area contributed by atoms with E-state index in [9.17, 15) is 9.59 Å². The summed E-state index contributed by atoms with van der Waals surface area (Å²) < 4.78 is 0. The van der Waals surface area contributed by atoms with E-state index in [0.29, 0.717) is 0 Å². The Bertz CT molecular complexity index is 456. The lowest BCUT2D eigenvalue weighted by atomic mass is 10.1. The minimum Gasteiger partial charge on any atom is -0.481 e. The van der Waals surface area contributed by atoms with E-state index in [4.69, 9.17) is 10.2 Å². The molecule has 1 aromatic carbocycles. The molecule has 0 radical (unpaired) electrons. The molecule has 0 aliphatic carbocycles. The number of anilines is 1. The van der Waals surface area contributed by atoms with Gasteiger partial charge in [-0.05, 0) is 37.1 Å². The van der Waals surface area contributed by atoms with Crippen LogP contribution in [-0.4, -0.2) is 35.2 Å². The van der Waals surface area contributed by atoms with Crippen LogP contribution in [0.2, 0.25) is 0 Å². The number of rotatable bonds is 6. The van der Waals surface area contributed by atoms with Gasteiger partial charge < -0.3 is 15.1 Å². The van der Waals surface area contributed by atoms with Gasteiger partial charge in [0.05, 0.1) is 6.42 Å². The molecule has 0 fully saturated rings. The highest BCUT2D eigenvalue weighted by Crippen LogP contribution is 2.19. The number of hydrogen-bond acceptors (Lipinski definition) is 3. The summed E-state index contributed by atoms with van der Waals surface area (Å²) in [6, 6.07) is 5.59. The Morgan fingerprint density at radius 3 is 2.28 bits per heavy atom. The van der Waals surface area contributed by atoms with Gasteiger partial charge in [-0.15, -0.1) is 0 Å². The Kier molecular flexibility index (Phi) is 4.71. The van der Waals surface area contributed by atoms with Crippen LogP contribution in [0.5, 0.6) is 0 Å². The Morgan fingerprint density at radius 2 is 1.78 bits per heavy atom. The lowest BCUT2D eigenvalue weighted by molar-refractivity contribution is -0.138. The fraction of sp³-hybridized carbons (Fsp3) is 0.385. The smallest absolute Gasteiger partial charge is 0.323 e. The maximum Gasteiger partial charge on any atom is 0.323 e. The number of carboxylic acid groups (broad SMARTS) is 2. The van der Waals surface area contributed by atoms with Crippen molar-refractivity contribution < 1.29 is 19.8 Å². The predicted octanol–water partition coefficient (Wildman–Crippen LogP) is 1.67. The van der Waals surface area contributed by atoms with Crippen LogP contribution in [0.25, 0.3) is 0 Å². The van der Waals surface area contributed by atoms with Gasteiger partial charge in [-0.2, -0.15) is 0 Å². The first-order valence-electron chi connectivity index (χ1n) is 5.66. The van der Waals surface area contributed by atoms with Crippen LogP contribution in [0, 0.1) is 13.8 Å². The highest BCUT2D eigenvalue weighted by Gasteiger charge is 2.12. The molecule has 1 aromatic rings. The van der Waals surface area contributed by atoms with Crippen molar-refractivity contribution in [2.75, 3.05) is 18.0 Å². The van der Waals surface area contributed by atoms with Crippen LogP contribution in [-0.2, 0) is 9.59 Å². The number of nitrogens with zero attached hydrogens (tertiary/aromatic N) is 1. The normalized spacial score (nSPS) is 10.1. The van der Waals surface area contributed by atoms with Crippen molar-refractivity contribution in [2.24, 2.45) is 0 Å². The molecule has 0 saturated heterocycles. The zero-order valence-corrected chi connectivity index (χ0v) is 10.5. The summed E-state index contributed by atoms with van der Waals surface area (Å²) in [5.74, 6) is -1.91. The second-order valence-electron chi connectivity index (χ2n) is 4.23. The summed E-state index contributed by atoms with van der Waals surface area (Å²) in [6.07, 6.45) is -0.0831. The van der Waals surface area contributed by atoms with Crippen LogP contribution < -0.4 is 4.90 Å². The van der Waals surface area contributed by atoms with E-state index in [0.717, 1.165) is 16.8 Å². The van der Waals surface area contributed by atoms with Gasteiger partial charge in [0.25, 0.3) is 0 Å². The van der Waals surface area contributed by atoms with Crippen LogP contribution in [0.1, 0.15) is 17.5 Å². The number of aryl methyl sites for hydroxylation is 2. The summed E-state index contributed by atoms with van der Waals surface area (Å²) in [4.78, 5) is 22.9. The van der Waals surface area contributed by atoms with E-state index >= 15 is 0 Å². The first kappa shape index (κ1) is 14.0. The van der Waals surface area contributed by atoms with E-state index in [1.54, 1.807) is 4.90 Å². The molecular formula is C13H17NO4. The molecule has 0 amide bonds. The SMILES string of the molecule is Cc1ccc(N(CCC(=O)O)CC(=O)O)cc1C. The van der Waals surface area contributed by atoms with Gasteiger partial charge in [0.15, 0.2) is 0 Å². The number of hydrogen-bond donors (Lipinski definition) is 2. The fourth-order valence-electron chi connectivity index (χ4n) is 1.62. The minimum atomic E-state index is -0.974. The third-order valence-corrected chi connectivity index (χ3v) is 2.78. The van der Waals surface area contributed by atoms with Crippen molar-refractivity contribution in [1.29, 1.82) is 0 Å². The lowest BCUT2D eigenvalue weighted by Gasteiger charge is -2.22. The first-order chi connectivity index (χ1) is 8.40. The number of carbonyl (C=O) groups is 2. The number of carboxylic acids is 2. The van der Waals surface area contributed by atoms with E-state index in [-0.39, 0.29) is 19.5 Å². The Hall–Kier alpha value is -2.04. The van der Waals surface area contributed by atoms with Gasteiger partial charge in [-0.1, -0.05) is 6.07 Å². The van der Waals surface area contributed by atoms with E-state index in [2.05, 4.69) is 0 Å². The molecule has 1 rings (SSSR count). The summed E-state index contributed by atoms with van der Waals surface area (Å²) in [6.45, 7) is 3.90. The predicted molar refractivity (Wildman–Crippen MR) is 68.0 cm³/mol. The van der Waals surface area contributed by atoms with Gasteiger partial charge >= 0.3 is 11.9 Å². The van der Waals surface area contributed by atoms with Crippen LogP contribution >= 0.6 is 0 Å². The number of aliphatic carboxylic acids is 2. The number of benzene rings is 1. The first-order valence-corrected chi connectivity index (χ1v) is 5.66. The molecule has 2 N–H and O–H groups in total. The molecular weight excluding hydrogens is 234 g/mol. The quantitative estimate of drug-likeness (QED) is 0.804. The van der Waals surface area contributed by atoms with Crippen LogP contribution in [0.4, 0.5) is 5.69 Å². The molecule has 0 unspecified atom stereocenters. The Balaban J connectivity index is 2.89. The zero-order chi connectivity index (χ0) is 13.7. The average Bonchev–Trinajstić information content (AvgIpc) is 2.27. The molecule has 5 nitrogen and oxygen atoms in total. The molecule has 18 heavy (non-hydrogen) atoms. The molecule has 5 heteroatoms. The van der Waals surface area contributed by atoms with Crippen molar-refractivity contribution >= 4 is 17.6 Å². The summed E-state index contributed by atoms with van der Waals surface area (Å²) in [5.41, 5.74) is 2.91. The molecule has 0 spiro atoms. The summed E-state index contributed by atoms with van der Waals surface area (Å²) in [5, 5.41) is 17.5. The highest BCUT2D eigenvalue weighted by atomic mass is 16.4. The molecule has 0 bridgehead atoms. The second-order valence-corrected chi connectivity index (χ2v) is 4.23. The third kappa shape index (κ3) is 4.08. The van der Waals surface area contributed by atoms with Gasteiger partial charge in [0.2, 0.25) is 0 Å². The topological polar surface area (TPSA) is 77.8 Å². The maximum atomic E-state index is 10.8. The van der Waals surface area contributed by atoms with Crippen molar-refractivity contribution in [3.63, 3.8) is 0 Å². The average molecular weight is 251 g/mol. The molecule has 0 aliphatic rings. The third-order valence-electron chi connectivity index (χ3n) is 2.78. The van der Waals surface area contributed by atoms with E-state index in [1.807, 2.05) is 32.0 Å². The molecule has 0 aliphatic heterocycles. The van der Waals surface area contributed by atoms with Crippen molar-refractivity contribution in [3.05, 3.63) is 29.3 Å². The zero-order valence-electron chi connectivity index (χ0n) is 10.5. The largest absolute Gasteiger partial charge is 0.481 e. The lowest BCUT2D eigenvalue weighted by Crippen LogP contribution is -2.31. The van der Waals surface area contributed by atoms with Gasteiger partial charge in [0.1, 0.15) is 6.54 Å². The molecule has 0 atom stereocenters. The maximum absolute atomic E-state index is 10.8. The second kappa shape index (κ2) is 6.05. The van der Waals surface area contributed by atoms with Crippen molar-refractivity contribution in [3.8, 4) is 0 Å². The van der Waals surface area contributed by atoms with Crippen LogP contribution in [0.3, 0.4) is 0 Å². The van der Waals surface area contributed by atoms with Crippen molar-refractivity contribution in [1.82, 2.24) is 0 Å². The van der Waals surface area contributed by atoms with Gasteiger partial charge in [-0.3, -0.25) is 9.59 Å². The minimum absolute atomic E-state index is 0.0831. The summed E-state index contributed by atoms with van der Waals surface area (Å²) >= 11 is 0. The van der Waals surface area contributed by atoms with Gasteiger partial charge in [0, 0.05) is 12.2 Å². The molecule has 98 valence electrons. The van der Waals surface area contributed by atoms with E-state index < -0.39 is 11.9 Å².